The summed E-state index contributed by atoms with van der Waals surface area (Å²) in [6.07, 6.45) is 6.43. The van der Waals surface area contributed by atoms with Crippen LogP contribution in [0.15, 0.2) is 0 Å². The first kappa shape index (κ1) is 8.53. The molecule has 0 radical (unpaired) electrons. The van der Waals surface area contributed by atoms with Crippen molar-refractivity contribution in [3.63, 3.8) is 0 Å². The van der Waals surface area contributed by atoms with E-state index in [9.17, 15) is 0 Å². The van der Waals surface area contributed by atoms with E-state index in [2.05, 4.69) is 10.1 Å². The van der Waals surface area contributed by atoms with E-state index >= 15 is 0 Å². The highest BCUT2D eigenvalue weighted by Gasteiger charge is 2.18. The standard InChI is InChI=1S/C9H16N4/c1-7-11-9(10)12-13(7)8-5-3-2-4-6-8/h8H,2-6H2,1H3,(H2,10,12). The highest BCUT2D eigenvalue weighted by Crippen LogP contribution is 2.28. The van der Waals surface area contributed by atoms with Crippen molar-refractivity contribution >= 4 is 5.95 Å². The maximum absolute atomic E-state index is 5.54. The smallest absolute Gasteiger partial charge is 0.239 e. The maximum Gasteiger partial charge on any atom is 0.239 e. The van der Waals surface area contributed by atoms with Gasteiger partial charge >= 0.3 is 0 Å². The quantitative estimate of drug-likeness (QED) is 0.715. The lowest BCUT2D eigenvalue weighted by Crippen LogP contribution is -2.15. The van der Waals surface area contributed by atoms with Crippen LogP contribution in [-0.4, -0.2) is 14.8 Å². The molecule has 1 aromatic heterocycles. The number of nitrogens with two attached hydrogens (primary N) is 1. The molecule has 1 fully saturated rings. The largest absolute Gasteiger partial charge is 0.366 e. The van der Waals surface area contributed by atoms with Crippen LogP contribution in [0, 0.1) is 6.92 Å². The molecule has 0 spiro atoms. The van der Waals surface area contributed by atoms with E-state index in [0.29, 0.717) is 12.0 Å². The van der Waals surface area contributed by atoms with Gasteiger partial charge in [-0.1, -0.05) is 19.3 Å². The number of anilines is 1. The maximum atomic E-state index is 5.54. The summed E-state index contributed by atoms with van der Waals surface area (Å²) < 4.78 is 1.99. The second-order valence-electron chi connectivity index (χ2n) is 3.75. The first-order valence-electron chi connectivity index (χ1n) is 4.96. The molecule has 4 heteroatoms. The van der Waals surface area contributed by atoms with Gasteiger partial charge in [0.25, 0.3) is 0 Å². The fourth-order valence-corrected chi connectivity index (χ4v) is 2.09. The molecule has 2 rings (SSSR count). The molecule has 0 saturated heterocycles. The Labute approximate surface area is 78.1 Å². The lowest BCUT2D eigenvalue weighted by molar-refractivity contribution is 0.324. The van der Waals surface area contributed by atoms with E-state index in [4.69, 9.17) is 5.73 Å². The number of nitrogen functional groups attached to an aromatic ring is 1. The highest BCUT2D eigenvalue weighted by molar-refractivity contribution is 5.13. The minimum atomic E-state index is 0.406. The van der Waals surface area contributed by atoms with Crippen molar-refractivity contribution in [2.24, 2.45) is 0 Å². The lowest BCUT2D eigenvalue weighted by Gasteiger charge is -2.22. The summed E-state index contributed by atoms with van der Waals surface area (Å²) in [5.41, 5.74) is 5.54. The van der Waals surface area contributed by atoms with Crippen molar-refractivity contribution in [2.45, 2.75) is 45.1 Å². The molecule has 13 heavy (non-hydrogen) atoms. The normalized spacial score (nSPS) is 19.2. The summed E-state index contributed by atoms with van der Waals surface area (Å²) in [5, 5.41) is 4.22. The van der Waals surface area contributed by atoms with E-state index in [1.54, 1.807) is 0 Å². The molecule has 1 aliphatic carbocycles. The number of aromatic nitrogens is 3. The summed E-state index contributed by atoms with van der Waals surface area (Å²) in [5.74, 6) is 1.35. The molecule has 0 amide bonds. The molecule has 0 aliphatic heterocycles. The molecule has 0 aromatic carbocycles. The Hall–Kier alpha value is -1.06. The fraction of sp³-hybridized carbons (Fsp3) is 0.778. The Morgan fingerprint density at radius 3 is 2.54 bits per heavy atom. The topological polar surface area (TPSA) is 56.7 Å². The third kappa shape index (κ3) is 1.66. The van der Waals surface area contributed by atoms with Gasteiger partial charge in [-0.05, 0) is 19.8 Å². The number of hydrogen-bond donors (Lipinski definition) is 1. The lowest BCUT2D eigenvalue weighted by atomic mass is 9.96. The Morgan fingerprint density at radius 1 is 1.31 bits per heavy atom. The molecule has 1 heterocycles. The molecular formula is C9H16N4. The zero-order chi connectivity index (χ0) is 9.26. The zero-order valence-corrected chi connectivity index (χ0v) is 8.03. The fourth-order valence-electron chi connectivity index (χ4n) is 2.09. The number of rotatable bonds is 1. The van der Waals surface area contributed by atoms with Gasteiger partial charge in [0, 0.05) is 0 Å². The summed E-state index contributed by atoms with van der Waals surface area (Å²) >= 11 is 0. The predicted octanol–water partition coefficient (Wildman–Crippen LogP) is 1.67. The van der Waals surface area contributed by atoms with Gasteiger partial charge < -0.3 is 5.73 Å². The predicted molar refractivity (Wildman–Crippen MR) is 51.3 cm³/mol. The van der Waals surface area contributed by atoms with Gasteiger partial charge in [0.1, 0.15) is 5.82 Å². The average molecular weight is 180 g/mol. The van der Waals surface area contributed by atoms with Gasteiger partial charge in [0.15, 0.2) is 0 Å². The Morgan fingerprint density at radius 2 is 2.00 bits per heavy atom. The average Bonchev–Trinajstić information content (AvgIpc) is 2.47. The number of nitrogens with zero attached hydrogens (tertiary/aromatic N) is 3. The first-order valence-corrected chi connectivity index (χ1v) is 4.96. The van der Waals surface area contributed by atoms with Crippen molar-refractivity contribution in [2.75, 3.05) is 5.73 Å². The highest BCUT2D eigenvalue weighted by atomic mass is 15.4. The van der Waals surface area contributed by atoms with Crippen LogP contribution in [-0.2, 0) is 0 Å². The van der Waals surface area contributed by atoms with Gasteiger partial charge in [-0.2, -0.15) is 4.98 Å². The summed E-state index contributed by atoms with van der Waals surface area (Å²) in [4.78, 5) is 4.12. The van der Waals surface area contributed by atoms with Crippen LogP contribution in [0.2, 0.25) is 0 Å². The SMILES string of the molecule is Cc1nc(N)nn1C1CCCCC1. The Bertz CT molecular complexity index is 286. The van der Waals surface area contributed by atoms with Crippen LogP contribution < -0.4 is 5.73 Å². The van der Waals surface area contributed by atoms with Crippen molar-refractivity contribution in [3.8, 4) is 0 Å². The second-order valence-corrected chi connectivity index (χ2v) is 3.75. The number of aryl methyl sites for hydroxylation is 1. The van der Waals surface area contributed by atoms with Gasteiger partial charge in [0.05, 0.1) is 6.04 Å². The van der Waals surface area contributed by atoms with E-state index in [-0.39, 0.29) is 0 Å². The first-order chi connectivity index (χ1) is 6.27. The minimum Gasteiger partial charge on any atom is -0.366 e. The van der Waals surface area contributed by atoms with Crippen LogP contribution in [0.4, 0.5) is 5.95 Å². The summed E-state index contributed by atoms with van der Waals surface area (Å²) in [7, 11) is 0. The zero-order valence-electron chi connectivity index (χ0n) is 8.03. The molecule has 72 valence electrons. The van der Waals surface area contributed by atoms with E-state index in [1.807, 2.05) is 11.6 Å². The van der Waals surface area contributed by atoms with E-state index in [0.717, 1.165) is 5.82 Å². The molecule has 2 N–H and O–H groups in total. The van der Waals surface area contributed by atoms with Crippen LogP contribution in [0.25, 0.3) is 0 Å². The van der Waals surface area contributed by atoms with Gasteiger partial charge in [-0.3, -0.25) is 0 Å². The van der Waals surface area contributed by atoms with Crippen molar-refractivity contribution in [1.82, 2.24) is 14.8 Å². The van der Waals surface area contributed by atoms with E-state index in [1.165, 1.54) is 32.1 Å². The van der Waals surface area contributed by atoms with Gasteiger partial charge in [-0.15, -0.1) is 5.10 Å². The van der Waals surface area contributed by atoms with Crippen molar-refractivity contribution in [1.29, 1.82) is 0 Å². The molecule has 1 aliphatic rings. The molecule has 0 bridgehead atoms. The molecular weight excluding hydrogens is 164 g/mol. The Kier molecular flexibility index (Phi) is 2.20. The monoisotopic (exact) mass is 180 g/mol. The van der Waals surface area contributed by atoms with Crippen LogP contribution in [0.5, 0.6) is 0 Å². The van der Waals surface area contributed by atoms with Crippen LogP contribution in [0.1, 0.15) is 44.0 Å². The second kappa shape index (κ2) is 3.36. The van der Waals surface area contributed by atoms with Gasteiger partial charge in [0.2, 0.25) is 5.95 Å². The molecule has 1 aromatic rings. The third-order valence-corrected chi connectivity index (χ3v) is 2.74. The van der Waals surface area contributed by atoms with E-state index < -0.39 is 0 Å². The molecule has 4 nitrogen and oxygen atoms in total. The van der Waals surface area contributed by atoms with Gasteiger partial charge in [-0.25, -0.2) is 4.68 Å². The van der Waals surface area contributed by atoms with Crippen molar-refractivity contribution < 1.29 is 0 Å². The molecule has 0 atom stereocenters. The third-order valence-electron chi connectivity index (χ3n) is 2.74. The summed E-state index contributed by atoms with van der Waals surface area (Å²) in [6, 6.07) is 0.540. The van der Waals surface area contributed by atoms with Crippen LogP contribution in [0.3, 0.4) is 0 Å². The Balaban J connectivity index is 2.18. The minimum absolute atomic E-state index is 0.406. The summed E-state index contributed by atoms with van der Waals surface area (Å²) in [6.45, 7) is 1.97. The molecule has 1 saturated carbocycles. The molecule has 0 unspecified atom stereocenters. The van der Waals surface area contributed by atoms with Crippen molar-refractivity contribution in [3.05, 3.63) is 5.82 Å². The van der Waals surface area contributed by atoms with Crippen LogP contribution >= 0.6 is 0 Å². The number of hydrogen-bond acceptors (Lipinski definition) is 3.